The van der Waals surface area contributed by atoms with Crippen LogP contribution in [0.15, 0.2) is 52.1 Å². The van der Waals surface area contributed by atoms with Gasteiger partial charge in [-0.1, -0.05) is 5.16 Å². The van der Waals surface area contributed by atoms with Crippen molar-refractivity contribution in [1.29, 1.82) is 0 Å². The van der Waals surface area contributed by atoms with Crippen LogP contribution in [0.4, 0.5) is 0 Å². The van der Waals surface area contributed by atoms with Crippen molar-refractivity contribution in [3.05, 3.63) is 60.6 Å². The van der Waals surface area contributed by atoms with E-state index >= 15 is 0 Å². The smallest absolute Gasteiger partial charge is 0.248 e. The van der Waals surface area contributed by atoms with Gasteiger partial charge in [0.05, 0.1) is 19.2 Å². The second-order valence-electron chi connectivity index (χ2n) is 5.25. The van der Waals surface area contributed by atoms with Crippen molar-refractivity contribution in [3.63, 3.8) is 0 Å². The SMILES string of the molecule is COc1ccc(-c2nc(Cc3noc(Cn4cncn4)n3)co2)cc1. The summed E-state index contributed by atoms with van der Waals surface area (Å²) < 4.78 is 17.5. The molecule has 0 amide bonds. The zero-order valence-electron chi connectivity index (χ0n) is 13.4. The molecule has 4 aromatic rings. The predicted molar refractivity (Wildman–Crippen MR) is 84.7 cm³/mol. The quantitative estimate of drug-likeness (QED) is 0.525. The molecule has 25 heavy (non-hydrogen) atoms. The second-order valence-corrected chi connectivity index (χ2v) is 5.25. The molecule has 3 heterocycles. The summed E-state index contributed by atoms with van der Waals surface area (Å²) in [6.07, 6.45) is 5.05. The highest BCUT2D eigenvalue weighted by atomic mass is 16.5. The molecule has 3 aromatic heterocycles. The summed E-state index contributed by atoms with van der Waals surface area (Å²) in [5.74, 6) is 2.30. The Morgan fingerprint density at radius 3 is 2.80 bits per heavy atom. The molecule has 0 aliphatic rings. The Morgan fingerprint density at radius 1 is 1.16 bits per heavy atom. The van der Waals surface area contributed by atoms with Crippen molar-refractivity contribution in [3.8, 4) is 17.2 Å². The number of nitrogens with zero attached hydrogens (tertiary/aromatic N) is 6. The van der Waals surface area contributed by atoms with Gasteiger partial charge >= 0.3 is 0 Å². The highest BCUT2D eigenvalue weighted by Gasteiger charge is 2.12. The Bertz CT molecular complexity index is 943. The number of benzene rings is 1. The highest BCUT2D eigenvalue weighted by Crippen LogP contribution is 2.22. The first-order valence-corrected chi connectivity index (χ1v) is 7.53. The molecular weight excluding hydrogens is 324 g/mol. The zero-order valence-corrected chi connectivity index (χ0v) is 13.4. The van der Waals surface area contributed by atoms with Gasteiger partial charge in [0.1, 0.15) is 31.2 Å². The summed E-state index contributed by atoms with van der Waals surface area (Å²) in [5.41, 5.74) is 1.59. The van der Waals surface area contributed by atoms with Crippen LogP contribution in [0.3, 0.4) is 0 Å². The third-order valence-electron chi connectivity index (χ3n) is 3.50. The summed E-state index contributed by atoms with van der Waals surface area (Å²) in [5, 5.41) is 7.95. The third-order valence-corrected chi connectivity index (χ3v) is 3.50. The number of rotatable bonds is 6. The Morgan fingerprint density at radius 2 is 2.04 bits per heavy atom. The maximum Gasteiger partial charge on any atom is 0.248 e. The lowest BCUT2D eigenvalue weighted by molar-refractivity contribution is 0.361. The predicted octanol–water partition coefficient (Wildman–Crippen LogP) is 1.96. The lowest BCUT2D eigenvalue weighted by Crippen LogP contribution is -2.00. The first-order chi connectivity index (χ1) is 12.3. The van der Waals surface area contributed by atoms with Crippen LogP contribution in [0.5, 0.6) is 5.75 Å². The fraction of sp³-hybridized carbons (Fsp3) is 0.188. The van der Waals surface area contributed by atoms with Gasteiger partial charge in [-0.05, 0) is 24.3 Å². The van der Waals surface area contributed by atoms with Crippen molar-refractivity contribution in [2.45, 2.75) is 13.0 Å². The average molecular weight is 338 g/mol. The largest absolute Gasteiger partial charge is 0.497 e. The Labute approximate surface area is 142 Å². The maximum absolute atomic E-state index is 5.53. The van der Waals surface area contributed by atoms with Gasteiger partial charge in [0.2, 0.25) is 11.8 Å². The minimum Gasteiger partial charge on any atom is -0.497 e. The molecule has 0 fully saturated rings. The van der Waals surface area contributed by atoms with Crippen molar-refractivity contribution < 1.29 is 13.7 Å². The van der Waals surface area contributed by atoms with Crippen LogP contribution >= 0.6 is 0 Å². The molecule has 4 rings (SSSR count). The summed E-state index contributed by atoms with van der Waals surface area (Å²) in [6, 6.07) is 7.49. The van der Waals surface area contributed by atoms with Gasteiger partial charge in [-0.2, -0.15) is 10.1 Å². The van der Waals surface area contributed by atoms with Gasteiger partial charge in [0.15, 0.2) is 5.82 Å². The molecule has 0 radical (unpaired) electrons. The van der Waals surface area contributed by atoms with Crippen LogP contribution in [-0.2, 0) is 13.0 Å². The van der Waals surface area contributed by atoms with Crippen molar-refractivity contribution in [2.24, 2.45) is 0 Å². The van der Waals surface area contributed by atoms with Gasteiger partial charge in [0, 0.05) is 5.56 Å². The van der Waals surface area contributed by atoms with E-state index in [1.54, 1.807) is 24.4 Å². The highest BCUT2D eigenvalue weighted by molar-refractivity contribution is 5.54. The monoisotopic (exact) mass is 338 g/mol. The van der Waals surface area contributed by atoms with Crippen molar-refractivity contribution >= 4 is 0 Å². The Kier molecular flexibility index (Phi) is 3.95. The van der Waals surface area contributed by atoms with Crippen molar-refractivity contribution in [1.82, 2.24) is 29.9 Å². The minimum absolute atomic E-state index is 0.378. The molecule has 0 saturated heterocycles. The number of methoxy groups -OCH3 is 1. The summed E-state index contributed by atoms with van der Waals surface area (Å²) >= 11 is 0. The molecule has 0 aliphatic carbocycles. The minimum atomic E-state index is 0.378. The fourth-order valence-electron chi connectivity index (χ4n) is 2.30. The number of hydrogen-bond acceptors (Lipinski definition) is 8. The van der Waals surface area contributed by atoms with E-state index in [1.807, 2.05) is 24.3 Å². The summed E-state index contributed by atoms with van der Waals surface area (Å²) in [4.78, 5) is 12.6. The molecule has 126 valence electrons. The topological polar surface area (TPSA) is 105 Å². The van der Waals surface area contributed by atoms with E-state index in [0.29, 0.717) is 30.6 Å². The van der Waals surface area contributed by atoms with E-state index in [1.165, 1.54) is 6.33 Å². The van der Waals surface area contributed by atoms with E-state index < -0.39 is 0 Å². The van der Waals surface area contributed by atoms with E-state index in [0.717, 1.165) is 17.0 Å². The molecule has 9 heteroatoms. The van der Waals surface area contributed by atoms with E-state index in [9.17, 15) is 0 Å². The second kappa shape index (κ2) is 6.56. The summed E-state index contributed by atoms with van der Waals surface area (Å²) in [6.45, 7) is 0.378. The first kappa shape index (κ1) is 15.1. The molecular formula is C16H14N6O3. The van der Waals surface area contributed by atoms with Crippen LogP contribution in [0, 0.1) is 0 Å². The lowest BCUT2D eigenvalue weighted by Gasteiger charge is -1.99. The van der Waals surface area contributed by atoms with Crippen LogP contribution < -0.4 is 4.74 Å². The Hall–Kier alpha value is -3.49. The number of oxazole rings is 1. The van der Waals surface area contributed by atoms with Crippen LogP contribution in [0.25, 0.3) is 11.5 Å². The number of ether oxygens (including phenoxy) is 1. The average Bonchev–Trinajstić information content (AvgIpc) is 3.39. The number of aromatic nitrogens is 6. The van der Waals surface area contributed by atoms with Crippen molar-refractivity contribution in [2.75, 3.05) is 7.11 Å². The molecule has 0 unspecified atom stereocenters. The van der Waals surface area contributed by atoms with Crippen LogP contribution in [0.2, 0.25) is 0 Å². The van der Waals surface area contributed by atoms with E-state index in [4.69, 9.17) is 13.7 Å². The molecule has 0 spiro atoms. The summed E-state index contributed by atoms with van der Waals surface area (Å²) in [7, 11) is 1.63. The normalized spacial score (nSPS) is 10.9. The van der Waals surface area contributed by atoms with Gasteiger partial charge in [-0.25, -0.2) is 14.6 Å². The van der Waals surface area contributed by atoms with Crippen LogP contribution in [-0.4, -0.2) is 37.0 Å². The first-order valence-electron chi connectivity index (χ1n) is 7.53. The van der Waals surface area contributed by atoms with Gasteiger partial charge in [0.25, 0.3) is 0 Å². The zero-order chi connectivity index (χ0) is 17.1. The molecule has 0 atom stereocenters. The molecule has 0 N–H and O–H groups in total. The van der Waals surface area contributed by atoms with Gasteiger partial charge in [-0.15, -0.1) is 0 Å². The fourth-order valence-corrected chi connectivity index (χ4v) is 2.30. The third kappa shape index (κ3) is 3.39. The molecule has 0 saturated carbocycles. The van der Waals surface area contributed by atoms with E-state index in [2.05, 4.69) is 25.2 Å². The van der Waals surface area contributed by atoms with Gasteiger partial charge < -0.3 is 13.7 Å². The standard InChI is InChI=1S/C16H14N6O3/c1-23-13-4-2-11(3-5-13)16-19-12(8-24-16)6-14-20-15(25-21-14)7-22-10-17-9-18-22/h2-5,8-10H,6-7H2,1H3. The molecule has 1 aromatic carbocycles. The van der Waals surface area contributed by atoms with E-state index in [-0.39, 0.29) is 0 Å². The van der Waals surface area contributed by atoms with Gasteiger partial charge in [-0.3, -0.25) is 0 Å². The molecule has 9 nitrogen and oxygen atoms in total. The number of hydrogen-bond donors (Lipinski definition) is 0. The maximum atomic E-state index is 5.53. The lowest BCUT2D eigenvalue weighted by atomic mass is 10.2. The molecule has 0 aliphatic heterocycles. The molecule has 0 bridgehead atoms. The van der Waals surface area contributed by atoms with Crippen LogP contribution in [0.1, 0.15) is 17.4 Å². The Balaban J connectivity index is 1.44.